The van der Waals surface area contributed by atoms with Crippen molar-refractivity contribution in [3.63, 3.8) is 0 Å². The number of nitrogens with zero attached hydrogens (tertiary/aromatic N) is 4. The van der Waals surface area contributed by atoms with Gasteiger partial charge in [0.1, 0.15) is 5.54 Å². The van der Waals surface area contributed by atoms with E-state index in [0.29, 0.717) is 25.0 Å². The predicted molar refractivity (Wildman–Crippen MR) is 72.5 cm³/mol. The highest BCUT2D eigenvalue weighted by molar-refractivity contribution is 5.87. The summed E-state index contributed by atoms with van der Waals surface area (Å²) in [5, 5.41) is 9.67. The molecule has 8 nitrogen and oxygen atoms in total. The smallest absolute Gasteiger partial charge is 0.331 e. The van der Waals surface area contributed by atoms with Gasteiger partial charge < -0.3 is 14.5 Å². The first-order chi connectivity index (χ1) is 11.0. The zero-order valence-corrected chi connectivity index (χ0v) is 12.1. The molecule has 1 N–H and O–H groups in total. The quantitative estimate of drug-likeness (QED) is 0.804. The van der Waals surface area contributed by atoms with Crippen molar-refractivity contribution in [1.82, 2.24) is 20.2 Å². The highest BCUT2D eigenvalue weighted by Crippen LogP contribution is 2.39. The zero-order valence-electron chi connectivity index (χ0n) is 12.1. The fraction of sp³-hybridized carbons (Fsp3) is 0.462. The summed E-state index contributed by atoms with van der Waals surface area (Å²) in [6.45, 7) is 2.03. The molecular formula is C13H13F2N5O3. The monoisotopic (exact) mass is 325 g/mol. The second-order valence-corrected chi connectivity index (χ2v) is 4.97. The molecule has 1 aliphatic rings. The molecule has 0 atom stereocenters. The van der Waals surface area contributed by atoms with Crippen LogP contribution in [-0.2, 0) is 9.53 Å². The van der Waals surface area contributed by atoms with Crippen LogP contribution in [0.5, 0.6) is 0 Å². The lowest BCUT2D eigenvalue weighted by Gasteiger charge is -2.15. The first-order valence-corrected chi connectivity index (χ1v) is 6.93. The Morgan fingerprint density at radius 2 is 2.09 bits per heavy atom. The zero-order chi connectivity index (χ0) is 16.4. The molecule has 0 unspecified atom stereocenters. The summed E-state index contributed by atoms with van der Waals surface area (Å²) in [7, 11) is 0. The molecule has 122 valence electrons. The number of halogens is 2. The van der Waals surface area contributed by atoms with E-state index in [9.17, 15) is 13.6 Å². The van der Waals surface area contributed by atoms with Gasteiger partial charge >= 0.3 is 12.4 Å². The molecule has 0 radical (unpaired) electrons. The summed E-state index contributed by atoms with van der Waals surface area (Å²) in [5.41, 5.74) is -0.471. The molecule has 3 rings (SSSR count). The lowest BCUT2D eigenvalue weighted by molar-refractivity contribution is -0.145. The van der Waals surface area contributed by atoms with Crippen LogP contribution in [0.1, 0.15) is 32.1 Å². The Morgan fingerprint density at radius 3 is 2.61 bits per heavy atom. The van der Waals surface area contributed by atoms with Crippen molar-refractivity contribution in [3.8, 4) is 11.5 Å². The first-order valence-electron chi connectivity index (χ1n) is 6.93. The molecular weight excluding hydrogens is 312 g/mol. The van der Waals surface area contributed by atoms with Gasteiger partial charge in [-0.1, -0.05) is 0 Å². The summed E-state index contributed by atoms with van der Waals surface area (Å²) in [5.74, 6) is -0.973. The van der Waals surface area contributed by atoms with Gasteiger partial charge in [0.2, 0.25) is 5.95 Å². The lowest BCUT2D eigenvalue weighted by Crippen LogP contribution is -2.34. The van der Waals surface area contributed by atoms with Crippen LogP contribution in [0.4, 0.5) is 14.7 Å². The Morgan fingerprint density at radius 1 is 1.39 bits per heavy atom. The van der Waals surface area contributed by atoms with Gasteiger partial charge in [-0.25, -0.2) is 14.8 Å². The number of carbonyl (C=O) groups is 1. The fourth-order valence-electron chi connectivity index (χ4n) is 1.93. The maximum absolute atomic E-state index is 12.4. The summed E-state index contributed by atoms with van der Waals surface area (Å²) in [6, 6.07) is 0. The maximum Gasteiger partial charge on any atom is 0.331 e. The normalized spacial score (nSPS) is 15.5. The highest BCUT2D eigenvalue weighted by atomic mass is 19.3. The third kappa shape index (κ3) is 3.10. The van der Waals surface area contributed by atoms with E-state index in [1.807, 2.05) is 0 Å². The minimum atomic E-state index is -2.84. The van der Waals surface area contributed by atoms with E-state index in [-0.39, 0.29) is 17.8 Å². The predicted octanol–water partition coefficient (Wildman–Crippen LogP) is 1.97. The highest BCUT2D eigenvalue weighted by Gasteiger charge is 2.52. The van der Waals surface area contributed by atoms with Crippen molar-refractivity contribution in [2.45, 2.75) is 31.7 Å². The van der Waals surface area contributed by atoms with Crippen molar-refractivity contribution >= 4 is 11.9 Å². The lowest BCUT2D eigenvalue weighted by atomic mass is 10.3. The van der Waals surface area contributed by atoms with Crippen LogP contribution in [0.3, 0.4) is 0 Å². The number of anilines is 1. The van der Waals surface area contributed by atoms with Crippen molar-refractivity contribution in [3.05, 3.63) is 18.3 Å². The van der Waals surface area contributed by atoms with Crippen LogP contribution in [-0.4, -0.2) is 38.3 Å². The van der Waals surface area contributed by atoms with E-state index in [4.69, 9.17) is 9.15 Å². The van der Waals surface area contributed by atoms with Gasteiger partial charge in [0.25, 0.3) is 11.8 Å². The molecule has 23 heavy (non-hydrogen) atoms. The van der Waals surface area contributed by atoms with Crippen LogP contribution < -0.4 is 5.32 Å². The molecule has 0 amide bonds. The van der Waals surface area contributed by atoms with Gasteiger partial charge in [0, 0.05) is 12.4 Å². The Bertz CT molecular complexity index is 700. The number of esters is 1. The Balaban J connectivity index is 1.71. The van der Waals surface area contributed by atoms with Crippen LogP contribution in [0.25, 0.3) is 11.5 Å². The average Bonchev–Trinajstić information content (AvgIpc) is 3.14. The molecule has 0 saturated heterocycles. The summed E-state index contributed by atoms with van der Waals surface area (Å²) < 4.78 is 34.6. The second-order valence-electron chi connectivity index (χ2n) is 4.97. The maximum atomic E-state index is 12.4. The number of nitrogens with one attached hydrogen (secondary N) is 1. The number of hydrogen-bond donors (Lipinski definition) is 1. The molecule has 0 bridgehead atoms. The number of carbonyl (C=O) groups excluding carboxylic acids is 1. The number of alkyl halides is 2. The van der Waals surface area contributed by atoms with Gasteiger partial charge in [-0.2, -0.15) is 8.78 Å². The van der Waals surface area contributed by atoms with Gasteiger partial charge in [0.15, 0.2) is 0 Å². The van der Waals surface area contributed by atoms with Gasteiger partial charge in [-0.15, -0.1) is 10.2 Å². The summed E-state index contributed by atoms with van der Waals surface area (Å²) in [6.07, 6.45) is 1.13. The van der Waals surface area contributed by atoms with Crippen molar-refractivity contribution in [2.75, 3.05) is 11.9 Å². The molecule has 2 heterocycles. The largest absolute Gasteiger partial charge is 0.464 e. The van der Waals surface area contributed by atoms with Crippen molar-refractivity contribution in [1.29, 1.82) is 0 Å². The van der Waals surface area contributed by atoms with Gasteiger partial charge in [-0.05, 0) is 19.8 Å². The third-order valence-electron chi connectivity index (χ3n) is 3.29. The van der Waals surface area contributed by atoms with E-state index < -0.39 is 17.9 Å². The Labute approximate surface area is 129 Å². The van der Waals surface area contributed by atoms with Crippen LogP contribution >= 0.6 is 0 Å². The van der Waals surface area contributed by atoms with Crippen molar-refractivity contribution < 1.29 is 22.7 Å². The molecule has 1 saturated carbocycles. The van der Waals surface area contributed by atoms with Crippen LogP contribution in [0.15, 0.2) is 16.8 Å². The second kappa shape index (κ2) is 5.86. The summed E-state index contributed by atoms with van der Waals surface area (Å²) in [4.78, 5) is 19.9. The molecule has 2 aromatic heterocycles. The molecule has 1 aliphatic carbocycles. The van der Waals surface area contributed by atoms with E-state index in [0.717, 1.165) is 0 Å². The SMILES string of the molecule is CCOC(=O)C1(Nc2ncc(-c3nnc(C(F)F)o3)cn2)CC1. The molecule has 0 aromatic carbocycles. The number of ether oxygens (including phenoxy) is 1. The Hall–Kier alpha value is -2.65. The number of rotatable bonds is 6. The van der Waals surface area contributed by atoms with E-state index in [1.54, 1.807) is 6.92 Å². The molecule has 2 aromatic rings. The minimum absolute atomic E-state index is 0.0987. The minimum Gasteiger partial charge on any atom is -0.464 e. The number of hydrogen-bond acceptors (Lipinski definition) is 8. The van der Waals surface area contributed by atoms with Gasteiger partial charge in [0.05, 0.1) is 12.2 Å². The van der Waals surface area contributed by atoms with E-state index >= 15 is 0 Å². The van der Waals surface area contributed by atoms with Crippen molar-refractivity contribution in [2.24, 2.45) is 0 Å². The molecule has 0 aliphatic heterocycles. The molecule has 1 fully saturated rings. The first kappa shape index (κ1) is 15.3. The topological polar surface area (TPSA) is 103 Å². The van der Waals surface area contributed by atoms with Crippen LogP contribution in [0, 0.1) is 0 Å². The average molecular weight is 325 g/mol. The molecule has 0 spiro atoms. The summed E-state index contributed by atoms with van der Waals surface area (Å²) >= 11 is 0. The molecule has 10 heteroatoms. The Kier molecular flexibility index (Phi) is 3.89. The van der Waals surface area contributed by atoms with E-state index in [1.165, 1.54) is 12.4 Å². The standard InChI is InChI=1S/C13H13F2N5O3/c1-2-22-11(21)13(3-4-13)18-12-16-5-7(6-17-12)9-19-20-10(23-9)8(14)15/h5-6,8H,2-4H2,1H3,(H,16,17,18). The van der Waals surface area contributed by atoms with Crippen LogP contribution in [0.2, 0.25) is 0 Å². The van der Waals surface area contributed by atoms with E-state index in [2.05, 4.69) is 25.5 Å². The third-order valence-corrected chi connectivity index (χ3v) is 3.29. The number of aromatic nitrogens is 4. The van der Waals surface area contributed by atoms with Gasteiger partial charge in [-0.3, -0.25) is 0 Å². The fourth-order valence-corrected chi connectivity index (χ4v) is 1.93.